The lowest BCUT2D eigenvalue weighted by molar-refractivity contribution is 0.0172. The first-order valence-electron chi connectivity index (χ1n) is 6.22. The molecule has 4 aliphatic carbocycles. The highest BCUT2D eigenvalue weighted by atomic mass is 16.5. The van der Waals surface area contributed by atoms with Crippen LogP contribution in [0, 0.1) is 28.6 Å². The van der Waals surface area contributed by atoms with Gasteiger partial charge in [-0.2, -0.15) is 0 Å². The molecule has 4 aliphatic rings. The third kappa shape index (κ3) is 0.982. The van der Waals surface area contributed by atoms with Gasteiger partial charge in [0, 0.05) is 0 Å². The summed E-state index contributed by atoms with van der Waals surface area (Å²) in [6, 6.07) is 0. The van der Waals surface area contributed by atoms with E-state index >= 15 is 0 Å². The number of rotatable bonds is 4. The van der Waals surface area contributed by atoms with E-state index in [4.69, 9.17) is 4.74 Å². The Labute approximate surface area is 92.9 Å². The van der Waals surface area contributed by atoms with Gasteiger partial charge in [-0.05, 0) is 48.3 Å². The van der Waals surface area contributed by atoms with Crippen LogP contribution in [0.2, 0.25) is 0 Å². The summed E-state index contributed by atoms with van der Waals surface area (Å²) in [6.45, 7) is 12.6. The largest absolute Gasteiger partial charge is 0.377 e. The topological polar surface area (TPSA) is 9.23 Å². The van der Waals surface area contributed by atoms with Crippen LogP contribution in [0.5, 0.6) is 0 Å². The highest BCUT2D eigenvalue weighted by Gasteiger charge is 2.81. The summed E-state index contributed by atoms with van der Waals surface area (Å²) in [4.78, 5) is 0. The predicted molar refractivity (Wildman–Crippen MR) is 61.6 cm³/mol. The lowest BCUT2D eigenvalue weighted by Gasteiger charge is -2.33. The fourth-order valence-corrected chi connectivity index (χ4v) is 4.74. The van der Waals surface area contributed by atoms with Gasteiger partial charge in [0.05, 0.1) is 13.2 Å². The van der Waals surface area contributed by atoms with E-state index < -0.39 is 0 Å². The van der Waals surface area contributed by atoms with Gasteiger partial charge in [0.1, 0.15) is 0 Å². The van der Waals surface area contributed by atoms with Gasteiger partial charge in [-0.3, -0.25) is 0 Å². The van der Waals surface area contributed by atoms with Crippen LogP contribution < -0.4 is 0 Å². The summed E-state index contributed by atoms with van der Waals surface area (Å²) in [5.41, 5.74) is 2.24. The molecule has 0 aromatic heterocycles. The van der Waals surface area contributed by atoms with Gasteiger partial charge < -0.3 is 4.74 Å². The van der Waals surface area contributed by atoms with Crippen LogP contribution in [0.4, 0.5) is 0 Å². The van der Waals surface area contributed by atoms with Crippen LogP contribution in [-0.2, 0) is 4.74 Å². The first-order chi connectivity index (χ1) is 7.00. The highest BCUT2D eigenvalue weighted by molar-refractivity contribution is 5.29. The van der Waals surface area contributed by atoms with Crippen molar-refractivity contribution in [2.75, 3.05) is 13.2 Å². The molecule has 2 unspecified atom stereocenters. The second kappa shape index (κ2) is 2.68. The molecule has 5 atom stereocenters. The third-order valence-electron chi connectivity index (χ3n) is 5.88. The average Bonchev–Trinajstić information content (AvgIpc) is 2.53. The quantitative estimate of drug-likeness (QED) is 0.641. The molecule has 0 spiro atoms. The number of hydrogen-bond donors (Lipinski definition) is 0. The van der Waals surface area contributed by atoms with E-state index in [0.717, 1.165) is 36.5 Å². The zero-order chi connectivity index (χ0) is 10.8. The summed E-state index contributed by atoms with van der Waals surface area (Å²) >= 11 is 0. The van der Waals surface area contributed by atoms with Crippen molar-refractivity contribution in [3.8, 4) is 0 Å². The fourth-order valence-electron chi connectivity index (χ4n) is 4.74. The first kappa shape index (κ1) is 9.89. The summed E-state index contributed by atoms with van der Waals surface area (Å²) < 4.78 is 5.84. The maximum atomic E-state index is 5.84. The normalized spacial score (nSPS) is 54.7. The lowest BCUT2D eigenvalue weighted by atomic mass is 9.75. The predicted octanol–water partition coefficient (Wildman–Crippen LogP) is 3.26. The van der Waals surface area contributed by atoms with Crippen molar-refractivity contribution in [1.29, 1.82) is 0 Å². The molecule has 4 saturated carbocycles. The van der Waals surface area contributed by atoms with E-state index in [1.165, 1.54) is 12.8 Å². The van der Waals surface area contributed by atoms with E-state index in [2.05, 4.69) is 20.4 Å². The highest BCUT2D eigenvalue weighted by Crippen LogP contribution is 2.86. The van der Waals surface area contributed by atoms with Crippen LogP contribution in [0.25, 0.3) is 0 Å². The smallest absolute Gasteiger partial charge is 0.0671 e. The van der Waals surface area contributed by atoms with Gasteiger partial charge in [-0.15, -0.1) is 0 Å². The lowest BCUT2D eigenvalue weighted by Crippen LogP contribution is -2.32. The fraction of sp³-hybridized carbons (Fsp3) is 0.857. The van der Waals surface area contributed by atoms with Crippen molar-refractivity contribution < 1.29 is 4.74 Å². The molecule has 15 heavy (non-hydrogen) atoms. The van der Waals surface area contributed by atoms with Gasteiger partial charge in [0.25, 0.3) is 0 Å². The average molecular weight is 206 g/mol. The molecule has 4 fully saturated rings. The van der Waals surface area contributed by atoms with E-state index in [1.54, 1.807) is 0 Å². The van der Waals surface area contributed by atoms with Crippen molar-refractivity contribution in [2.45, 2.75) is 33.6 Å². The van der Waals surface area contributed by atoms with Crippen LogP contribution in [0.15, 0.2) is 12.2 Å². The van der Waals surface area contributed by atoms with Crippen molar-refractivity contribution >= 4 is 0 Å². The molecule has 0 radical (unpaired) electrons. The second-order valence-corrected chi connectivity index (χ2v) is 6.53. The van der Waals surface area contributed by atoms with Crippen LogP contribution in [0.1, 0.15) is 33.6 Å². The van der Waals surface area contributed by atoms with Crippen molar-refractivity contribution in [3.63, 3.8) is 0 Å². The number of hydrogen-bond acceptors (Lipinski definition) is 1. The Morgan fingerprint density at radius 1 is 1.33 bits per heavy atom. The molecule has 0 heterocycles. The Morgan fingerprint density at radius 2 is 1.93 bits per heavy atom. The van der Waals surface area contributed by atoms with Crippen LogP contribution in [-0.4, -0.2) is 13.2 Å². The maximum Gasteiger partial charge on any atom is 0.0671 e. The minimum absolute atomic E-state index is 0.470. The minimum atomic E-state index is 0.470. The standard InChI is InChI=1S/C14H22O/c1-9(2)7-15-8-13(3)10-5-11-12(6-10)14(11,13)4/h10-12H,1,5-8H2,2-4H3/t10?,11-,12+,13-,14?/m0/s1. The van der Waals surface area contributed by atoms with Gasteiger partial charge in [0.2, 0.25) is 0 Å². The Bertz CT molecular complexity index is 307. The Balaban J connectivity index is 1.68. The third-order valence-corrected chi connectivity index (χ3v) is 5.88. The number of ether oxygens (including phenoxy) is 1. The molecule has 0 aromatic rings. The molecule has 0 N–H and O–H groups in total. The maximum absolute atomic E-state index is 5.84. The molecule has 0 aliphatic heterocycles. The summed E-state index contributed by atoms with van der Waals surface area (Å²) in [6.07, 6.45) is 2.96. The second-order valence-electron chi connectivity index (χ2n) is 6.53. The Hall–Kier alpha value is -0.300. The van der Waals surface area contributed by atoms with Crippen LogP contribution >= 0.6 is 0 Å². The molecular weight excluding hydrogens is 184 g/mol. The molecule has 1 nitrogen and oxygen atoms in total. The molecule has 0 saturated heterocycles. The minimum Gasteiger partial charge on any atom is -0.377 e. The SMILES string of the molecule is C=C(C)COC[C@@]1(C)C2C[C@@H]3[C@H](C2)C31C. The van der Waals surface area contributed by atoms with Crippen molar-refractivity contribution in [1.82, 2.24) is 0 Å². The van der Waals surface area contributed by atoms with Crippen molar-refractivity contribution in [3.05, 3.63) is 12.2 Å². The van der Waals surface area contributed by atoms with Gasteiger partial charge in [0.15, 0.2) is 0 Å². The van der Waals surface area contributed by atoms with Gasteiger partial charge >= 0.3 is 0 Å². The summed E-state index contributed by atoms with van der Waals surface area (Å²) in [5, 5.41) is 0. The Kier molecular flexibility index (Phi) is 1.77. The monoisotopic (exact) mass is 206 g/mol. The molecule has 84 valence electrons. The van der Waals surface area contributed by atoms with E-state index in [9.17, 15) is 0 Å². The van der Waals surface area contributed by atoms with Gasteiger partial charge in [-0.1, -0.05) is 26.0 Å². The Morgan fingerprint density at radius 3 is 2.33 bits per heavy atom. The zero-order valence-corrected chi connectivity index (χ0v) is 10.2. The van der Waals surface area contributed by atoms with Gasteiger partial charge in [-0.25, -0.2) is 0 Å². The van der Waals surface area contributed by atoms with Crippen LogP contribution in [0.3, 0.4) is 0 Å². The molecule has 4 bridgehead atoms. The summed E-state index contributed by atoms with van der Waals surface area (Å²) in [7, 11) is 0. The van der Waals surface area contributed by atoms with E-state index in [0.29, 0.717) is 10.8 Å². The zero-order valence-electron chi connectivity index (χ0n) is 10.2. The first-order valence-corrected chi connectivity index (χ1v) is 6.22. The van der Waals surface area contributed by atoms with Crippen molar-refractivity contribution in [2.24, 2.45) is 28.6 Å². The molecule has 0 aromatic carbocycles. The molecular formula is C14H22O. The van der Waals surface area contributed by atoms with E-state index in [-0.39, 0.29) is 0 Å². The molecule has 1 heteroatoms. The molecule has 0 amide bonds. The summed E-state index contributed by atoms with van der Waals surface area (Å²) in [5.74, 6) is 3.03. The van der Waals surface area contributed by atoms with E-state index in [1.807, 2.05) is 6.92 Å². The molecule has 4 rings (SSSR count).